The van der Waals surface area contributed by atoms with Crippen molar-refractivity contribution in [3.8, 4) is 0 Å². The van der Waals surface area contributed by atoms with E-state index in [0.29, 0.717) is 4.91 Å². The van der Waals surface area contributed by atoms with E-state index in [1.54, 1.807) is 6.08 Å². The van der Waals surface area contributed by atoms with Crippen molar-refractivity contribution in [2.75, 3.05) is 0 Å². The first kappa shape index (κ1) is 15.4. The number of rotatable bonds is 4. The maximum Gasteiger partial charge on any atom is 0.303 e. The molecule has 0 saturated carbocycles. The van der Waals surface area contributed by atoms with E-state index in [-0.39, 0.29) is 17.2 Å². The van der Waals surface area contributed by atoms with Crippen LogP contribution in [0.15, 0.2) is 35.2 Å². The SMILES string of the molecule is O=C(O)CCC(=O)N1C(=O)/C(=C/c2ccccc2)SC1=S. The average molecular weight is 321 g/mol. The number of aliphatic carboxylic acids is 1. The Bertz CT molecular complexity index is 640. The lowest BCUT2D eigenvalue weighted by molar-refractivity contribution is -0.142. The third kappa shape index (κ3) is 3.77. The summed E-state index contributed by atoms with van der Waals surface area (Å²) in [6.45, 7) is 0. The van der Waals surface area contributed by atoms with Gasteiger partial charge in [0.1, 0.15) is 0 Å². The fraction of sp³-hybridized carbons (Fsp3) is 0.143. The second-order valence-corrected chi connectivity index (χ2v) is 5.89. The van der Waals surface area contributed by atoms with Gasteiger partial charge in [-0.1, -0.05) is 54.3 Å². The molecular weight excluding hydrogens is 310 g/mol. The first-order chi connectivity index (χ1) is 9.99. The van der Waals surface area contributed by atoms with Crippen LogP contribution >= 0.6 is 24.0 Å². The van der Waals surface area contributed by atoms with E-state index in [9.17, 15) is 14.4 Å². The predicted octanol–water partition coefficient (Wildman–Crippen LogP) is 2.28. The second-order valence-electron chi connectivity index (χ2n) is 4.22. The number of benzene rings is 1. The zero-order valence-corrected chi connectivity index (χ0v) is 12.4. The number of hydrogen-bond acceptors (Lipinski definition) is 5. The highest BCUT2D eigenvalue weighted by molar-refractivity contribution is 8.26. The normalized spacial score (nSPS) is 16.6. The third-order valence-electron chi connectivity index (χ3n) is 2.69. The summed E-state index contributed by atoms with van der Waals surface area (Å²) in [5.41, 5.74) is 0.830. The van der Waals surface area contributed by atoms with Gasteiger partial charge >= 0.3 is 5.97 Å². The second kappa shape index (κ2) is 6.64. The van der Waals surface area contributed by atoms with Crippen LogP contribution in [0.3, 0.4) is 0 Å². The Morgan fingerprint density at radius 3 is 2.52 bits per heavy atom. The maximum absolute atomic E-state index is 12.2. The summed E-state index contributed by atoms with van der Waals surface area (Å²) in [6, 6.07) is 9.20. The lowest BCUT2D eigenvalue weighted by atomic mass is 10.2. The Labute approximate surface area is 130 Å². The van der Waals surface area contributed by atoms with Crippen molar-refractivity contribution in [3.63, 3.8) is 0 Å². The fourth-order valence-electron chi connectivity index (χ4n) is 1.71. The van der Waals surface area contributed by atoms with Gasteiger partial charge in [-0.25, -0.2) is 4.90 Å². The maximum atomic E-state index is 12.2. The highest BCUT2D eigenvalue weighted by Crippen LogP contribution is 2.33. The Kier molecular flexibility index (Phi) is 4.87. The molecule has 1 aliphatic rings. The zero-order chi connectivity index (χ0) is 15.4. The molecule has 1 aromatic rings. The monoisotopic (exact) mass is 321 g/mol. The standard InChI is InChI=1S/C14H11NO4S2/c16-11(6-7-12(17)18)15-13(19)10(21-14(15)20)8-9-4-2-1-3-5-9/h1-5,8H,6-7H2,(H,17,18)/b10-8-. The third-order valence-corrected chi connectivity index (χ3v) is 4.00. The topological polar surface area (TPSA) is 74.7 Å². The molecule has 2 rings (SSSR count). The number of amides is 2. The summed E-state index contributed by atoms with van der Waals surface area (Å²) < 4.78 is 0.137. The summed E-state index contributed by atoms with van der Waals surface area (Å²) in [5.74, 6) is -2.17. The van der Waals surface area contributed by atoms with Crippen LogP contribution in [0.5, 0.6) is 0 Å². The van der Waals surface area contributed by atoms with Crippen molar-refractivity contribution in [2.24, 2.45) is 0 Å². The molecule has 0 atom stereocenters. The molecule has 1 fully saturated rings. The summed E-state index contributed by atoms with van der Waals surface area (Å²) >= 11 is 6.07. The molecule has 2 amide bonds. The molecule has 0 radical (unpaired) electrons. The molecule has 7 heteroatoms. The fourth-order valence-corrected chi connectivity index (χ4v) is 3.00. The molecule has 5 nitrogen and oxygen atoms in total. The van der Waals surface area contributed by atoms with E-state index in [1.807, 2.05) is 30.3 Å². The van der Waals surface area contributed by atoms with Crippen LogP contribution in [0.25, 0.3) is 6.08 Å². The molecule has 1 aromatic carbocycles. The van der Waals surface area contributed by atoms with E-state index < -0.39 is 17.8 Å². The Hall–Kier alpha value is -1.99. The van der Waals surface area contributed by atoms with Crippen molar-refractivity contribution >= 4 is 52.2 Å². The van der Waals surface area contributed by atoms with E-state index in [1.165, 1.54) is 0 Å². The molecule has 108 valence electrons. The molecule has 1 saturated heterocycles. The van der Waals surface area contributed by atoms with E-state index in [2.05, 4.69) is 0 Å². The Morgan fingerprint density at radius 2 is 1.90 bits per heavy atom. The molecule has 1 N–H and O–H groups in total. The minimum absolute atomic E-state index is 0.137. The van der Waals surface area contributed by atoms with Crippen LogP contribution in [0.4, 0.5) is 0 Å². The Morgan fingerprint density at radius 1 is 1.24 bits per heavy atom. The molecule has 0 unspecified atom stereocenters. The summed E-state index contributed by atoms with van der Waals surface area (Å²) in [4.78, 5) is 35.8. The van der Waals surface area contributed by atoms with Gasteiger partial charge in [-0.15, -0.1) is 0 Å². The van der Waals surface area contributed by atoms with E-state index >= 15 is 0 Å². The minimum Gasteiger partial charge on any atom is -0.481 e. The number of nitrogens with zero attached hydrogens (tertiary/aromatic N) is 1. The summed E-state index contributed by atoms with van der Waals surface area (Å²) in [7, 11) is 0. The molecule has 1 heterocycles. The number of carbonyl (C=O) groups is 3. The highest BCUT2D eigenvalue weighted by Gasteiger charge is 2.36. The first-order valence-electron chi connectivity index (χ1n) is 6.06. The van der Waals surface area contributed by atoms with Crippen LogP contribution in [-0.4, -0.2) is 32.1 Å². The van der Waals surface area contributed by atoms with Gasteiger partial charge in [0.15, 0.2) is 4.32 Å². The van der Waals surface area contributed by atoms with Gasteiger partial charge in [0.05, 0.1) is 11.3 Å². The first-order valence-corrected chi connectivity index (χ1v) is 7.29. The van der Waals surface area contributed by atoms with Gasteiger partial charge in [-0.3, -0.25) is 14.4 Å². The lowest BCUT2D eigenvalue weighted by Crippen LogP contribution is -2.34. The number of imide groups is 1. The molecule has 21 heavy (non-hydrogen) atoms. The van der Waals surface area contributed by atoms with Crippen LogP contribution in [0.2, 0.25) is 0 Å². The number of hydrogen-bond donors (Lipinski definition) is 1. The molecule has 0 spiro atoms. The number of thiocarbonyl (C=S) groups is 1. The van der Waals surface area contributed by atoms with E-state index in [0.717, 1.165) is 22.2 Å². The molecule has 0 aliphatic carbocycles. The van der Waals surface area contributed by atoms with Crippen LogP contribution in [0, 0.1) is 0 Å². The zero-order valence-electron chi connectivity index (χ0n) is 10.8. The Balaban J connectivity index is 2.15. The average Bonchev–Trinajstić information content (AvgIpc) is 2.72. The van der Waals surface area contributed by atoms with Crippen molar-refractivity contribution < 1.29 is 19.5 Å². The molecule has 0 aromatic heterocycles. The predicted molar refractivity (Wildman–Crippen MR) is 83.3 cm³/mol. The van der Waals surface area contributed by atoms with Gasteiger partial charge < -0.3 is 5.11 Å². The number of carbonyl (C=O) groups excluding carboxylic acids is 2. The van der Waals surface area contributed by atoms with Crippen molar-refractivity contribution in [1.29, 1.82) is 0 Å². The van der Waals surface area contributed by atoms with Crippen LogP contribution in [0.1, 0.15) is 18.4 Å². The van der Waals surface area contributed by atoms with Gasteiger partial charge in [0.2, 0.25) is 5.91 Å². The van der Waals surface area contributed by atoms with Gasteiger partial charge in [0, 0.05) is 6.42 Å². The quantitative estimate of drug-likeness (QED) is 0.677. The lowest BCUT2D eigenvalue weighted by Gasteiger charge is -2.11. The minimum atomic E-state index is -1.09. The van der Waals surface area contributed by atoms with Crippen molar-refractivity contribution in [3.05, 3.63) is 40.8 Å². The highest BCUT2D eigenvalue weighted by atomic mass is 32.2. The van der Waals surface area contributed by atoms with Crippen molar-refractivity contribution in [2.45, 2.75) is 12.8 Å². The largest absolute Gasteiger partial charge is 0.481 e. The number of carboxylic acids is 1. The van der Waals surface area contributed by atoms with Crippen molar-refractivity contribution in [1.82, 2.24) is 4.90 Å². The number of carboxylic acid groups (broad SMARTS) is 1. The van der Waals surface area contributed by atoms with E-state index in [4.69, 9.17) is 17.3 Å². The van der Waals surface area contributed by atoms with Gasteiger partial charge in [0.25, 0.3) is 5.91 Å². The molecule has 0 bridgehead atoms. The van der Waals surface area contributed by atoms with Gasteiger partial charge in [-0.05, 0) is 11.6 Å². The van der Waals surface area contributed by atoms with Crippen LogP contribution in [-0.2, 0) is 14.4 Å². The summed E-state index contributed by atoms with van der Waals surface area (Å²) in [5, 5.41) is 8.58. The number of thioether (sulfide) groups is 1. The molecular formula is C14H11NO4S2. The smallest absolute Gasteiger partial charge is 0.303 e. The van der Waals surface area contributed by atoms with Crippen LogP contribution < -0.4 is 0 Å². The van der Waals surface area contributed by atoms with Gasteiger partial charge in [-0.2, -0.15) is 0 Å². The molecule has 1 aliphatic heterocycles. The summed E-state index contributed by atoms with van der Waals surface area (Å²) in [6.07, 6.45) is 1.08.